The summed E-state index contributed by atoms with van der Waals surface area (Å²) in [7, 11) is -3.07. The molecule has 0 aliphatic carbocycles. The van der Waals surface area contributed by atoms with Crippen LogP contribution in [0.4, 0.5) is 0 Å². The van der Waals surface area contributed by atoms with Crippen LogP contribution in [-0.4, -0.2) is 23.3 Å². The lowest BCUT2D eigenvalue weighted by Gasteiger charge is -2.16. The number of aliphatic hydroxyl groups is 1. The Hall–Kier alpha value is -0.740. The smallest absolute Gasteiger partial charge is 0.335 e. The highest BCUT2D eigenvalue weighted by atomic mass is 31.2. The maximum absolute atomic E-state index is 12.2. The molecule has 1 N–H and O–H groups in total. The standard InChI is InChI=1S/C11H18NO4P/c1-3-15-17(14,16-4-2)9-10-5-6-11(8-13)12-7-10/h5-7,13H,3-4,8-9H2,1-2H3. The highest BCUT2D eigenvalue weighted by Crippen LogP contribution is 2.51. The summed E-state index contributed by atoms with van der Waals surface area (Å²) >= 11 is 0. The van der Waals surface area contributed by atoms with Gasteiger partial charge in [0.25, 0.3) is 0 Å². The topological polar surface area (TPSA) is 68.7 Å². The van der Waals surface area contributed by atoms with Crippen LogP contribution in [0.5, 0.6) is 0 Å². The van der Waals surface area contributed by atoms with Gasteiger partial charge in [-0.1, -0.05) is 6.07 Å². The summed E-state index contributed by atoms with van der Waals surface area (Å²) in [6.07, 6.45) is 1.78. The first-order valence-electron chi connectivity index (χ1n) is 5.56. The van der Waals surface area contributed by atoms with Gasteiger partial charge in [0.2, 0.25) is 0 Å². The molecule has 0 aliphatic heterocycles. The second kappa shape index (κ2) is 6.87. The molecule has 1 rings (SSSR count). The number of hydrogen-bond donors (Lipinski definition) is 1. The first-order chi connectivity index (χ1) is 8.13. The third kappa shape index (κ3) is 4.56. The predicted octanol–water partition coefficient (Wildman–Crippen LogP) is 2.34. The third-order valence-corrected chi connectivity index (χ3v) is 4.13. The molecule has 1 aromatic rings. The van der Waals surface area contributed by atoms with Crippen molar-refractivity contribution in [2.45, 2.75) is 26.6 Å². The molecule has 1 heterocycles. The van der Waals surface area contributed by atoms with Crippen molar-refractivity contribution in [1.29, 1.82) is 0 Å². The first kappa shape index (κ1) is 14.3. The summed E-state index contributed by atoms with van der Waals surface area (Å²) in [5.41, 5.74) is 1.35. The highest BCUT2D eigenvalue weighted by molar-refractivity contribution is 7.53. The Balaban J connectivity index is 2.75. The van der Waals surface area contributed by atoms with E-state index in [2.05, 4.69) is 4.98 Å². The first-order valence-corrected chi connectivity index (χ1v) is 7.29. The third-order valence-electron chi connectivity index (χ3n) is 2.08. The summed E-state index contributed by atoms with van der Waals surface area (Å²) in [6, 6.07) is 3.46. The summed E-state index contributed by atoms with van der Waals surface area (Å²) < 4.78 is 22.6. The van der Waals surface area contributed by atoms with Crippen molar-refractivity contribution in [1.82, 2.24) is 4.98 Å². The predicted molar refractivity (Wildman–Crippen MR) is 64.7 cm³/mol. The van der Waals surface area contributed by atoms with E-state index in [0.29, 0.717) is 18.9 Å². The second-order valence-electron chi connectivity index (χ2n) is 3.42. The van der Waals surface area contributed by atoms with Crippen molar-refractivity contribution < 1.29 is 18.7 Å². The fraction of sp³-hybridized carbons (Fsp3) is 0.545. The zero-order valence-corrected chi connectivity index (χ0v) is 11.0. The van der Waals surface area contributed by atoms with Crippen LogP contribution in [0.25, 0.3) is 0 Å². The molecule has 5 nitrogen and oxygen atoms in total. The molecule has 0 aromatic carbocycles. The molecule has 0 spiro atoms. The lowest BCUT2D eigenvalue weighted by Crippen LogP contribution is -2.00. The van der Waals surface area contributed by atoms with Gasteiger partial charge in [0.1, 0.15) is 0 Å². The Labute approximate surface area is 101 Å². The van der Waals surface area contributed by atoms with Gasteiger partial charge in [-0.15, -0.1) is 0 Å². The van der Waals surface area contributed by atoms with Crippen LogP contribution in [0.3, 0.4) is 0 Å². The van der Waals surface area contributed by atoms with E-state index in [1.165, 1.54) is 0 Å². The van der Waals surface area contributed by atoms with Crippen molar-refractivity contribution >= 4 is 7.60 Å². The summed E-state index contributed by atoms with van der Waals surface area (Å²) in [6.45, 7) is 4.14. The Kier molecular flexibility index (Phi) is 5.78. The van der Waals surface area contributed by atoms with E-state index in [0.717, 1.165) is 5.56 Å². The SMILES string of the molecule is CCOP(=O)(Cc1ccc(CO)nc1)OCC. The Morgan fingerprint density at radius 3 is 2.35 bits per heavy atom. The second-order valence-corrected chi connectivity index (χ2v) is 5.47. The van der Waals surface area contributed by atoms with Crippen LogP contribution >= 0.6 is 7.60 Å². The number of hydrogen-bond acceptors (Lipinski definition) is 5. The molecule has 0 unspecified atom stereocenters. The van der Waals surface area contributed by atoms with Crippen molar-refractivity contribution in [3.05, 3.63) is 29.6 Å². The molecule has 0 radical (unpaired) electrons. The molecule has 0 bridgehead atoms. The average molecular weight is 259 g/mol. The van der Waals surface area contributed by atoms with Gasteiger partial charge in [0.15, 0.2) is 0 Å². The molecule has 17 heavy (non-hydrogen) atoms. The molecule has 0 amide bonds. The van der Waals surface area contributed by atoms with E-state index in [1.54, 1.807) is 32.2 Å². The minimum absolute atomic E-state index is 0.102. The minimum Gasteiger partial charge on any atom is -0.390 e. The van der Waals surface area contributed by atoms with E-state index in [1.807, 2.05) is 0 Å². The van der Waals surface area contributed by atoms with Gasteiger partial charge >= 0.3 is 7.60 Å². The van der Waals surface area contributed by atoms with Gasteiger partial charge in [-0.2, -0.15) is 0 Å². The summed E-state index contributed by atoms with van der Waals surface area (Å²) in [4.78, 5) is 4.02. The minimum atomic E-state index is -3.07. The van der Waals surface area contributed by atoms with Crippen LogP contribution in [0.1, 0.15) is 25.1 Å². The van der Waals surface area contributed by atoms with E-state index in [4.69, 9.17) is 14.2 Å². The van der Waals surface area contributed by atoms with Gasteiger partial charge in [-0.3, -0.25) is 9.55 Å². The zero-order chi connectivity index (χ0) is 12.7. The maximum Gasteiger partial charge on any atom is 0.335 e. The molecule has 0 saturated carbocycles. The van der Waals surface area contributed by atoms with Crippen molar-refractivity contribution in [3.8, 4) is 0 Å². The van der Waals surface area contributed by atoms with E-state index in [-0.39, 0.29) is 12.8 Å². The number of aliphatic hydroxyl groups excluding tert-OH is 1. The number of nitrogens with zero attached hydrogens (tertiary/aromatic N) is 1. The maximum atomic E-state index is 12.2. The number of rotatable bonds is 7. The molecule has 0 aliphatic rings. The average Bonchev–Trinajstić information content (AvgIpc) is 2.30. The molecule has 96 valence electrons. The van der Waals surface area contributed by atoms with E-state index < -0.39 is 7.60 Å². The molecule has 0 saturated heterocycles. The normalized spacial score (nSPS) is 11.7. The summed E-state index contributed by atoms with van der Waals surface area (Å²) in [5.74, 6) is 0. The highest BCUT2D eigenvalue weighted by Gasteiger charge is 2.23. The quantitative estimate of drug-likeness (QED) is 0.761. The van der Waals surface area contributed by atoms with Crippen LogP contribution in [0.2, 0.25) is 0 Å². The lowest BCUT2D eigenvalue weighted by molar-refractivity contribution is 0.219. The fourth-order valence-corrected chi connectivity index (χ4v) is 3.07. The molecule has 1 aromatic heterocycles. The monoisotopic (exact) mass is 259 g/mol. The lowest BCUT2D eigenvalue weighted by atomic mass is 10.3. The van der Waals surface area contributed by atoms with Gasteiger partial charge in [0.05, 0.1) is 31.7 Å². The van der Waals surface area contributed by atoms with Gasteiger partial charge in [0, 0.05) is 6.20 Å². The van der Waals surface area contributed by atoms with Gasteiger partial charge < -0.3 is 14.2 Å². The van der Waals surface area contributed by atoms with Gasteiger partial charge in [-0.05, 0) is 25.5 Å². The zero-order valence-electron chi connectivity index (χ0n) is 10.1. The van der Waals surface area contributed by atoms with Crippen LogP contribution in [0, 0.1) is 0 Å². The van der Waals surface area contributed by atoms with Crippen molar-refractivity contribution in [2.75, 3.05) is 13.2 Å². The van der Waals surface area contributed by atoms with E-state index >= 15 is 0 Å². The van der Waals surface area contributed by atoms with Gasteiger partial charge in [-0.25, -0.2) is 0 Å². The molecule has 0 atom stereocenters. The fourth-order valence-electron chi connectivity index (χ4n) is 1.39. The van der Waals surface area contributed by atoms with Crippen molar-refractivity contribution in [2.24, 2.45) is 0 Å². The molecular formula is C11H18NO4P. The Morgan fingerprint density at radius 2 is 1.94 bits per heavy atom. The molecule has 6 heteroatoms. The van der Waals surface area contributed by atoms with Crippen LogP contribution in [0.15, 0.2) is 18.3 Å². The molecule has 0 fully saturated rings. The van der Waals surface area contributed by atoms with Crippen LogP contribution in [-0.2, 0) is 26.4 Å². The molecular weight excluding hydrogens is 241 g/mol. The van der Waals surface area contributed by atoms with E-state index in [9.17, 15) is 4.57 Å². The number of pyridine rings is 1. The van der Waals surface area contributed by atoms with Crippen LogP contribution < -0.4 is 0 Å². The van der Waals surface area contributed by atoms with Crippen molar-refractivity contribution in [3.63, 3.8) is 0 Å². The summed E-state index contributed by atoms with van der Waals surface area (Å²) in [5, 5.41) is 8.86. The Morgan fingerprint density at radius 1 is 1.29 bits per heavy atom. The number of aromatic nitrogens is 1. The Bertz CT molecular complexity index is 370. The largest absolute Gasteiger partial charge is 0.390 e.